The molecule has 2 heterocycles. The van der Waals surface area contributed by atoms with Crippen molar-refractivity contribution in [2.45, 2.75) is 38.7 Å². The largest absolute Gasteiger partial charge is 0.456 e. The summed E-state index contributed by atoms with van der Waals surface area (Å²) in [7, 11) is 0. The van der Waals surface area contributed by atoms with E-state index in [-0.39, 0.29) is 18.6 Å². The van der Waals surface area contributed by atoms with Gasteiger partial charge in [0.1, 0.15) is 11.9 Å². The molecule has 35 heavy (non-hydrogen) atoms. The van der Waals surface area contributed by atoms with Crippen LogP contribution in [-0.4, -0.2) is 79.8 Å². The SMILES string of the molecule is CC(=O)OCC(=O)N1CCN(c2ccc(N3C[C@H](CNC(=S)CC4CCC4)OC3=O)cc2F)CC1. The molecular weight excluding hydrogens is 475 g/mol. The molecule has 0 unspecified atom stereocenters. The van der Waals surface area contributed by atoms with Crippen LogP contribution in [0, 0.1) is 11.7 Å². The number of benzene rings is 1. The number of hydrogen-bond acceptors (Lipinski definition) is 7. The molecule has 1 aliphatic carbocycles. The lowest BCUT2D eigenvalue weighted by Gasteiger charge is -2.36. The molecule has 2 aliphatic heterocycles. The number of halogens is 1. The predicted molar refractivity (Wildman–Crippen MR) is 132 cm³/mol. The Morgan fingerprint density at radius 3 is 2.60 bits per heavy atom. The maximum Gasteiger partial charge on any atom is 0.414 e. The normalized spacial score (nSPS) is 20.3. The first-order chi connectivity index (χ1) is 16.8. The van der Waals surface area contributed by atoms with Crippen LogP contribution in [0.2, 0.25) is 0 Å². The van der Waals surface area contributed by atoms with Crippen LogP contribution >= 0.6 is 12.2 Å². The van der Waals surface area contributed by atoms with Crippen molar-refractivity contribution in [3.8, 4) is 0 Å². The van der Waals surface area contributed by atoms with Crippen LogP contribution in [0.5, 0.6) is 0 Å². The highest BCUT2D eigenvalue weighted by molar-refractivity contribution is 7.80. The average molecular weight is 507 g/mol. The molecule has 0 bridgehead atoms. The van der Waals surface area contributed by atoms with Gasteiger partial charge in [-0.05, 0) is 24.1 Å². The highest BCUT2D eigenvalue weighted by Gasteiger charge is 2.33. The molecule has 11 heteroatoms. The van der Waals surface area contributed by atoms with E-state index in [1.165, 1.54) is 37.2 Å². The van der Waals surface area contributed by atoms with E-state index in [4.69, 9.17) is 21.7 Å². The number of cyclic esters (lactones) is 1. The smallest absolute Gasteiger partial charge is 0.414 e. The Kier molecular flexibility index (Phi) is 8.04. The van der Waals surface area contributed by atoms with Gasteiger partial charge in [-0.3, -0.25) is 14.5 Å². The van der Waals surface area contributed by atoms with Gasteiger partial charge >= 0.3 is 12.1 Å². The van der Waals surface area contributed by atoms with E-state index in [1.54, 1.807) is 17.0 Å². The zero-order chi connectivity index (χ0) is 24.9. The van der Waals surface area contributed by atoms with Crippen molar-refractivity contribution in [2.75, 3.05) is 55.7 Å². The van der Waals surface area contributed by atoms with Crippen molar-refractivity contribution in [3.63, 3.8) is 0 Å². The van der Waals surface area contributed by atoms with Gasteiger partial charge in [-0.2, -0.15) is 0 Å². The van der Waals surface area contributed by atoms with E-state index < -0.39 is 17.9 Å². The standard InChI is InChI=1S/C24H31FN4O5S/c1-16(30)33-15-23(31)28-9-7-27(8-10-28)21-6-5-18(12-20(21)25)29-14-19(34-24(29)32)13-26-22(35)11-17-3-2-4-17/h5-6,12,17,19H,2-4,7-11,13-15H2,1H3,(H,26,35)/t19-/m0/s1. The van der Waals surface area contributed by atoms with Crippen LogP contribution < -0.4 is 15.1 Å². The number of esters is 1. The highest BCUT2D eigenvalue weighted by atomic mass is 32.1. The zero-order valence-electron chi connectivity index (χ0n) is 19.8. The van der Waals surface area contributed by atoms with E-state index in [1.807, 2.05) is 4.90 Å². The van der Waals surface area contributed by atoms with Gasteiger partial charge in [0.25, 0.3) is 5.91 Å². The van der Waals surface area contributed by atoms with Crippen molar-refractivity contribution in [3.05, 3.63) is 24.0 Å². The summed E-state index contributed by atoms with van der Waals surface area (Å²) in [5.41, 5.74) is 0.846. The Hall–Kier alpha value is -2.95. The third-order valence-corrected chi connectivity index (χ3v) is 7.03. The predicted octanol–water partition coefficient (Wildman–Crippen LogP) is 2.47. The van der Waals surface area contributed by atoms with Crippen molar-refractivity contribution in [2.24, 2.45) is 5.92 Å². The highest BCUT2D eigenvalue weighted by Crippen LogP contribution is 2.30. The average Bonchev–Trinajstić information content (AvgIpc) is 3.19. The molecule has 2 amide bonds. The summed E-state index contributed by atoms with van der Waals surface area (Å²) in [5, 5.41) is 3.20. The number of rotatable bonds is 8. The number of thiocarbonyl (C=S) groups is 1. The third-order valence-electron chi connectivity index (χ3n) is 6.71. The maximum atomic E-state index is 15.0. The fourth-order valence-corrected chi connectivity index (χ4v) is 4.79. The third kappa shape index (κ3) is 6.39. The number of hydrogen-bond donors (Lipinski definition) is 1. The number of anilines is 2. The minimum Gasteiger partial charge on any atom is -0.456 e. The minimum atomic E-state index is -0.506. The molecule has 0 spiro atoms. The van der Waals surface area contributed by atoms with E-state index >= 15 is 4.39 Å². The van der Waals surface area contributed by atoms with Crippen molar-refractivity contribution in [1.29, 1.82) is 0 Å². The molecule has 9 nitrogen and oxygen atoms in total. The second-order valence-corrected chi connectivity index (χ2v) is 9.70. The minimum absolute atomic E-state index is 0.268. The molecule has 1 aromatic rings. The quantitative estimate of drug-likeness (QED) is 0.425. The van der Waals surface area contributed by atoms with Crippen molar-refractivity contribution >= 4 is 46.6 Å². The van der Waals surface area contributed by atoms with Crippen LogP contribution in [-0.2, 0) is 19.1 Å². The monoisotopic (exact) mass is 506 g/mol. The Bertz CT molecular complexity index is 981. The molecule has 1 saturated carbocycles. The number of piperazine rings is 1. The fourth-order valence-electron chi connectivity index (χ4n) is 4.47. The molecule has 1 aromatic carbocycles. The number of carbonyl (C=O) groups excluding carboxylic acids is 3. The number of nitrogens with one attached hydrogen (secondary N) is 1. The summed E-state index contributed by atoms with van der Waals surface area (Å²) in [6.07, 6.45) is 3.72. The fraction of sp³-hybridized carbons (Fsp3) is 0.583. The van der Waals surface area contributed by atoms with Crippen molar-refractivity contribution in [1.82, 2.24) is 10.2 Å². The summed E-state index contributed by atoms with van der Waals surface area (Å²) in [6.45, 7) is 3.42. The number of amides is 2. The van der Waals surface area contributed by atoms with Crippen LogP contribution in [0.3, 0.4) is 0 Å². The number of carbonyl (C=O) groups is 3. The number of ether oxygens (including phenoxy) is 2. The van der Waals surface area contributed by atoms with Gasteiger partial charge in [-0.25, -0.2) is 9.18 Å². The Morgan fingerprint density at radius 1 is 1.23 bits per heavy atom. The molecule has 2 saturated heterocycles. The molecule has 4 rings (SSSR count). The first-order valence-electron chi connectivity index (χ1n) is 12.0. The molecule has 0 radical (unpaired) electrons. The lowest BCUT2D eigenvalue weighted by Crippen LogP contribution is -2.50. The summed E-state index contributed by atoms with van der Waals surface area (Å²) in [6, 6.07) is 4.69. The van der Waals surface area contributed by atoms with E-state index in [2.05, 4.69) is 5.32 Å². The Labute approximate surface area is 209 Å². The van der Waals surface area contributed by atoms with Crippen molar-refractivity contribution < 1.29 is 28.2 Å². The summed E-state index contributed by atoms with van der Waals surface area (Å²) in [5.74, 6) is -0.548. The summed E-state index contributed by atoms with van der Waals surface area (Å²) < 4.78 is 25.2. The Morgan fingerprint density at radius 2 is 1.97 bits per heavy atom. The van der Waals surface area contributed by atoms with E-state index in [9.17, 15) is 14.4 Å². The van der Waals surface area contributed by atoms with Gasteiger partial charge in [-0.1, -0.05) is 31.5 Å². The Balaban J connectivity index is 1.28. The van der Waals surface area contributed by atoms with Gasteiger partial charge in [0, 0.05) is 39.5 Å². The first-order valence-corrected chi connectivity index (χ1v) is 12.4. The molecular formula is C24H31FN4O5S. The molecule has 3 fully saturated rings. The first kappa shape index (κ1) is 25.2. The molecule has 1 atom stereocenters. The van der Waals surface area contributed by atoms with E-state index in [0.717, 1.165) is 11.4 Å². The number of nitrogens with zero attached hydrogens (tertiary/aromatic N) is 3. The second-order valence-electron chi connectivity index (χ2n) is 9.21. The van der Waals surface area contributed by atoms with Crippen LogP contribution in [0.25, 0.3) is 0 Å². The van der Waals surface area contributed by atoms with Gasteiger partial charge in [0.15, 0.2) is 6.61 Å². The summed E-state index contributed by atoms with van der Waals surface area (Å²) in [4.78, 5) is 41.1. The van der Waals surface area contributed by atoms with Crippen LogP contribution in [0.4, 0.5) is 20.6 Å². The second kappa shape index (κ2) is 11.2. The lowest BCUT2D eigenvalue weighted by atomic mass is 9.83. The molecule has 0 aromatic heterocycles. The van der Waals surface area contributed by atoms with Gasteiger partial charge in [0.05, 0.1) is 29.5 Å². The van der Waals surface area contributed by atoms with Crippen LogP contribution in [0.1, 0.15) is 32.6 Å². The van der Waals surface area contributed by atoms with Gasteiger partial charge in [0.2, 0.25) is 0 Å². The lowest BCUT2D eigenvalue weighted by molar-refractivity contribution is -0.150. The molecule has 190 valence electrons. The zero-order valence-corrected chi connectivity index (χ0v) is 20.7. The topological polar surface area (TPSA) is 91.4 Å². The van der Waals surface area contributed by atoms with Gasteiger partial charge < -0.3 is 24.6 Å². The maximum absolute atomic E-state index is 15.0. The summed E-state index contributed by atoms with van der Waals surface area (Å²) >= 11 is 5.39. The van der Waals surface area contributed by atoms with E-state index in [0.29, 0.717) is 56.6 Å². The molecule has 3 aliphatic rings. The van der Waals surface area contributed by atoms with Gasteiger partial charge in [-0.15, -0.1) is 0 Å². The van der Waals surface area contributed by atoms with Crippen LogP contribution in [0.15, 0.2) is 18.2 Å². The molecule has 1 N–H and O–H groups in total.